The molecular weight excluding hydrogens is 257 g/mol. The summed E-state index contributed by atoms with van der Waals surface area (Å²) in [6.45, 7) is 2.23. The Morgan fingerprint density at radius 3 is 2.47 bits per heavy atom. The van der Waals surface area contributed by atoms with Crippen LogP contribution in [0.4, 0.5) is 13.2 Å². The van der Waals surface area contributed by atoms with Gasteiger partial charge in [-0.3, -0.25) is 0 Å². The van der Waals surface area contributed by atoms with Gasteiger partial charge in [-0.05, 0) is 19.1 Å². The van der Waals surface area contributed by atoms with E-state index in [0.717, 1.165) is 12.1 Å². The molecule has 19 heavy (non-hydrogen) atoms. The molecule has 0 fully saturated rings. The number of ether oxygens (including phenoxy) is 1. The van der Waals surface area contributed by atoms with Gasteiger partial charge in [0.25, 0.3) is 0 Å². The second kappa shape index (κ2) is 6.94. The smallest absolute Gasteiger partial charge is 0.416 e. The maximum atomic E-state index is 12.6. The van der Waals surface area contributed by atoms with Crippen LogP contribution >= 0.6 is 0 Å². The SMILES string of the molecule is Cc1ccc(C(F)(F)F)ccccc(OCCN)n1. The second-order valence-electron chi connectivity index (χ2n) is 3.73. The summed E-state index contributed by atoms with van der Waals surface area (Å²) in [6.07, 6.45) is -4.39. The van der Waals surface area contributed by atoms with Crippen molar-refractivity contribution in [3.05, 3.63) is 47.7 Å². The maximum Gasteiger partial charge on any atom is 0.416 e. The van der Waals surface area contributed by atoms with Crippen LogP contribution in [0.3, 0.4) is 0 Å². The molecule has 0 aromatic carbocycles. The molecule has 0 amide bonds. The first-order chi connectivity index (χ1) is 8.93. The minimum atomic E-state index is -4.39. The van der Waals surface area contributed by atoms with Crippen LogP contribution in [0.1, 0.15) is 11.3 Å². The molecule has 0 aliphatic heterocycles. The van der Waals surface area contributed by atoms with Crippen LogP contribution < -0.4 is 10.5 Å². The zero-order chi connectivity index (χ0) is 14.3. The fourth-order valence-corrected chi connectivity index (χ4v) is 1.24. The van der Waals surface area contributed by atoms with Gasteiger partial charge in [0, 0.05) is 18.3 Å². The average Bonchev–Trinajstić information content (AvgIpc) is 2.33. The molecule has 0 spiro atoms. The van der Waals surface area contributed by atoms with Crippen LogP contribution in [0.25, 0.3) is 0 Å². The average molecular weight is 272 g/mol. The predicted octanol–water partition coefficient (Wildman–Crippen LogP) is 2.87. The molecule has 1 aromatic heterocycles. The van der Waals surface area contributed by atoms with Gasteiger partial charge in [0.15, 0.2) is 0 Å². The molecule has 1 heterocycles. The van der Waals surface area contributed by atoms with Gasteiger partial charge in [-0.15, -0.1) is 0 Å². The number of halogens is 3. The lowest BCUT2D eigenvalue weighted by Crippen LogP contribution is -2.11. The Morgan fingerprint density at radius 1 is 1.16 bits per heavy atom. The van der Waals surface area contributed by atoms with E-state index < -0.39 is 11.7 Å². The van der Waals surface area contributed by atoms with Crippen LogP contribution in [0, 0.1) is 6.92 Å². The highest BCUT2D eigenvalue weighted by Crippen LogP contribution is 2.27. The van der Waals surface area contributed by atoms with Crippen molar-refractivity contribution in [3.63, 3.8) is 0 Å². The fraction of sp³-hybridized carbons (Fsp3) is 0.308. The number of aromatic nitrogens is 1. The standard InChI is InChI=1S/C13H15F3N2O/c1-10-6-7-11(13(14,15)16)4-2-3-5-12(18-10)19-9-8-17/h2-7H,8-9,17H2,1H3. The van der Waals surface area contributed by atoms with E-state index in [4.69, 9.17) is 10.5 Å². The number of hydrogen-bond donors (Lipinski definition) is 1. The van der Waals surface area contributed by atoms with Gasteiger partial charge in [0.2, 0.25) is 5.88 Å². The third-order valence-corrected chi connectivity index (χ3v) is 2.11. The highest BCUT2D eigenvalue weighted by atomic mass is 19.4. The molecule has 2 N–H and O–H groups in total. The number of hydrogen-bond acceptors (Lipinski definition) is 3. The Kier molecular flexibility index (Phi) is 5.57. The van der Waals surface area contributed by atoms with Crippen molar-refractivity contribution in [3.8, 4) is 5.88 Å². The van der Waals surface area contributed by atoms with E-state index in [1.54, 1.807) is 6.92 Å². The topological polar surface area (TPSA) is 48.1 Å². The van der Waals surface area contributed by atoms with E-state index in [1.165, 1.54) is 24.3 Å². The van der Waals surface area contributed by atoms with Crippen molar-refractivity contribution < 1.29 is 17.9 Å². The van der Waals surface area contributed by atoms with Crippen LogP contribution in [0.2, 0.25) is 0 Å². The first-order valence-electron chi connectivity index (χ1n) is 5.65. The van der Waals surface area contributed by atoms with E-state index in [2.05, 4.69) is 4.98 Å². The summed E-state index contributed by atoms with van der Waals surface area (Å²) in [5.41, 5.74) is 4.98. The first kappa shape index (κ1) is 15.2. The van der Waals surface area contributed by atoms with Crippen molar-refractivity contribution in [1.82, 2.24) is 4.98 Å². The van der Waals surface area contributed by atoms with Crippen LogP contribution in [-0.4, -0.2) is 18.1 Å². The van der Waals surface area contributed by atoms with Crippen molar-refractivity contribution in [2.45, 2.75) is 13.1 Å². The molecule has 0 bridgehead atoms. The van der Waals surface area contributed by atoms with Crippen molar-refractivity contribution in [2.24, 2.45) is 5.73 Å². The number of rotatable bonds is 3. The van der Waals surface area contributed by atoms with Crippen LogP contribution in [-0.2, 0) is 6.18 Å². The zero-order valence-corrected chi connectivity index (χ0v) is 10.4. The predicted molar refractivity (Wildman–Crippen MR) is 66.2 cm³/mol. The van der Waals surface area contributed by atoms with Gasteiger partial charge in [-0.2, -0.15) is 13.2 Å². The van der Waals surface area contributed by atoms with Gasteiger partial charge in [0.05, 0.1) is 5.56 Å². The van der Waals surface area contributed by atoms with Gasteiger partial charge in [-0.25, -0.2) is 4.98 Å². The summed E-state index contributed by atoms with van der Waals surface area (Å²) in [5.74, 6) is 0.313. The van der Waals surface area contributed by atoms with Gasteiger partial charge < -0.3 is 10.5 Å². The molecule has 0 atom stereocenters. The van der Waals surface area contributed by atoms with E-state index in [-0.39, 0.29) is 0 Å². The Hall–Kier alpha value is -1.82. The molecule has 0 saturated carbocycles. The minimum absolute atomic E-state index is 0.295. The van der Waals surface area contributed by atoms with E-state index in [1.807, 2.05) is 0 Å². The van der Waals surface area contributed by atoms with Crippen molar-refractivity contribution >= 4 is 0 Å². The van der Waals surface area contributed by atoms with E-state index in [9.17, 15) is 13.2 Å². The lowest BCUT2D eigenvalue weighted by molar-refractivity contribution is -0.137. The van der Waals surface area contributed by atoms with E-state index >= 15 is 0 Å². The second-order valence-corrected chi connectivity index (χ2v) is 3.73. The lowest BCUT2D eigenvalue weighted by Gasteiger charge is -2.04. The summed E-state index contributed by atoms with van der Waals surface area (Å²) in [4.78, 5) is 4.06. The van der Waals surface area contributed by atoms with Crippen LogP contribution in [0.15, 0.2) is 36.4 Å². The number of alkyl halides is 3. The highest BCUT2D eigenvalue weighted by molar-refractivity contribution is 5.18. The number of nitrogens with two attached hydrogens (primary N) is 1. The third kappa shape index (κ3) is 5.56. The third-order valence-electron chi connectivity index (χ3n) is 2.11. The van der Waals surface area contributed by atoms with Crippen molar-refractivity contribution in [2.75, 3.05) is 13.2 Å². The molecular formula is C13H15F3N2O. The summed E-state index contributed by atoms with van der Waals surface area (Å²) < 4.78 is 43.1. The Balaban J connectivity index is 3.20. The minimum Gasteiger partial charge on any atom is -0.476 e. The lowest BCUT2D eigenvalue weighted by atomic mass is 10.2. The number of nitrogens with zero attached hydrogens (tertiary/aromatic N) is 1. The monoisotopic (exact) mass is 272 g/mol. The summed E-state index contributed by atoms with van der Waals surface area (Å²) >= 11 is 0. The molecule has 0 unspecified atom stereocenters. The Morgan fingerprint density at radius 2 is 1.84 bits per heavy atom. The highest BCUT2D eigenvalue weighted by Gasteiger charge is 2.29. The molecule has 0 radical (unpaired) electrons. The summed E-state index contributed by atoms with van der Waals surface area (Å²) in [5, 5.41) is 0. The molecule has 3 nitrogen and oxygen atoms in total. The summed E-state index contributed by atoms with van der Waals surface area (Å²) in [7, 11) is 0. The molecule has 0 saturated heterocycles. The normalized spacial score (nSPS) is 10.8. The van der Waals surface area contributed by atoms with Crippen LogP contribution in [0.5, 0.6) is 5.88 Å². The quantitative estimate of drug-likeness (QED) is 0.920. The van der Waals surface area contributed by atoms with Crippen molar-refractivity contribution in [1.29, 1.82) is 0 Å². The van der Waals surface area contributed by atoms with Gasteiger partial charge in [0.1, 0.15) is 6.61 Å². The Labute approximate surface area is 109 Å². The largest absolute Gasteiger partial charge is 0.476 e. The molecule has 0 aliphatic carbocycles. The maximum absolute atomic E-state index is 12.6. The molecule has 104 valence electrons. The summed E-state index contributed by atoms with van der Waals surface area (Å²) in [6, 6.07) is 7.48. The molecule has 1 rings (SSSR count). The van der Waals surface area contributed by atoms with Gasteiger partial charge >= 0.3 is 6.18 Å². The fourth-order valence-electron chi connectivity index (χ4n) is 1.24. The zero-order valence-electron chi connectivity index (χ0n) is 10.4. The molecule has 0 aliphatic rings. The molecule has 6 heteroatoms. The van der Waals surface area contributed by atoms with Gasteiger partial charge in [-0.1, -0.05) is 18.2 Å². The first-order valence-corrected chi connectivity index (χ1v) is 5.65. The molecule has 1 aromatic rings. The number of aryl methyl sites for hydroxylation is 1. The van der Waals surface area contributed by atoms with E-state index in [0.29, 0.717) is 24.7 Å². The Bertz CT molecular complexity index is 474.